The van der Waals surface area contributed by atoms with Crippen LogP contribution < -0.4 is 25.6 Å². The highest BCUT2D eigenvalue weighted by Gasteiger charge is 2.46. The molecule has 2 aromatic rings. The maximum atomic E-state index is 13.3. The number of pyridine rings is 1. The van der Waals surface area contributed by atoms with Crippen LogP contribution in [0, 0.1) is 6.92 Å². The van der Waals surface area contributed by atoms with Crippen LogP contribution in [0.4, 0.5) is 16.2 Å². The van der Waals surface area contributed by atoms with Crippen molar-refractivity contribution in [3.8, 4) is 5.75 Å². The summed E-state index contributed by atoms with van der Waals surface area (Å²) in [5.74, 6) is 0.746. The van der Waals surface area contributed by atoms with Gasteiger partial charge in [0.1, 0.15) is 16.0 Å². The number of carbonyl (C=O) groups excluding carboxylic acids is 2. The first-order valence-electron chi connectivity index (χ1n) is 11.5. The number of aromatic nitrogens is 1. The number of nitrogens with zero attached hydrogens (tertiary/aromatic N) is 2. The summed E-state index contributed by atoms with van der Waals surface area (Å²) in [4.78, 5) is 32.6. The lowest BCUT2D eigenvalue weighted by Crippen LogP contribution is -2.52. The molecule has 0 radical (unpaired) electrons. The van der Waals surface area contributed by atoms with Crippen LogP contribution in [0.3, 0.4) is 0 Å². The zero-order valence-electron chi connectivity index (χ0n) is 19.1. The number of ether oxygens (including phenoxy) is 1. The number of amides is 3. The Labute approximate surface area is 197 Å². The zero-order valence-corrected chi connectivity index (χ0v) is 19.9. The van der Waals surface area contributed by atoms with Crippen molar-refractivity contribution in [3.05, 3.63) is 41.6 Å². The summed E-state index contributed by atoms with van der Waals surface area (Å²) in [7, 11) is 0. The minimum atomic E-state index is -0.440. The number of hydrogen-bond donors (Lipinski definition) is 3. The average molecular weight is 468 g/mol. The highest BCUT2D eigenvalue weighted by Crippen LogP contribution is 2.50. The van der Waals surface area contributed by atoms with Gasteiger partial charge in [0, 0.05) is 24.3 Å². The SMILES string of the molecule is Cc1cc(N2C(=O)NC3c4c2ccnc4S[C@H]3C(=O)NC2CCCNC2)ccc1OC(C)C. The van der Waals surface area contributed by atoms with Gasteiger partial charge in [0.15, 0.2) is 0 Å². The third-order valence-corrected chi connectivity index (χ3v) is 7.48. The Kier molecular flexibility index (Phi) is 5.92. The molecule has 8 nitrogen and oxygen atoms in total. The molecule has 3 aliphatic rings. The number of anilines is 2. The molecule has 0 spiro atoms. The lowest BCUT2D eigenvalue weighted by Gasteiger charge is -2.35. The van der Waals surface area contributed by atoms with Crippen molar-refractivity contribution in [3.63, 3.8) is 0 Å². The van der Waals surface area contributed by atoms with E-state index in [0.717, 1.165) is 59.2 Å². The van der Waals surface area contributed by atoms with Gasteiger partial charge in [-0.05, 0) is 70.0 Å². The molecule has 33 heavy (non-hydrogen) atoms. The fourth-order valence-electron chi connectivity index (χ4n) is 4.70. The second-order valence-corrected chi connectivity index (χ2v) is 10.1. The fourth-order valence-corrected chi connectivity index (χ4v) is 5.93. The summed E-state index contributed by atoms with van der Waals surface area (Å²) in [5.41, 5.74) is 3.38. The van der Waals surface area contributed by atoms with Crippen molar-refractivity contribution in [1.29, 1.82) is 0 Å². The Morgan fingerprint density at radius 2 is 2.18 bits per heavy atom. The summed E-state index contributed by atoms with van der Waals surface area (Å²) in [6.07, 6.45) is 3.79. The summed E-state index contributed by atoms with van der Waals surface area (Å²) >= 11 is 1.43. The van der Waals surface area contributed by atoms with E-state index in [1.165, 1.54) is 11.8 Å². The van der Waals surface area contributed by atoms with E-state index < -0.39 is 11.3 Å². The molecule has 0 aliphatic carbocycles. The number of rotatable bonds is 5. The van der Waals surface area contributed by atoms with Crippen LogP contribution in [0.1, 0.15) is 43.9 Å². The van der Waals surface area contributed by atoms with Crippen molar-refractivity contribution in [2.24, 2.45) is 0 Å². The molecule has 1 fully saturated rings. The van der Waals surface area contributed by atoms with Gasteiger partial charge in [-0.3, -0.25) is 9.69 Å². The Morgan fingerprint density at radius 1 is 1.33 bits per heavy atom. The zero-order chi connectivity index (χ0) is 23.1. The summed E-state index contributed by atoms with van der Waals surface area (Å²) < 4.78 is 5.85. The number of hydrogen-bond acceptors (Lipinski definition) is 6. The van der Waals surface area contributed by atoms with E-state index in [1.54, 1.807) is 11.1 Å². The first-order valence-corrected chi connectivity index (χ1v) is 12.3. The Bertz CT molecular complexity index is 1090. The molecule has 1 aromatic heterocycles. The smallest absolute Gasteiger partial charge is 0.327 e. The molecule has 9 heteroatoms. The lowest BCUT2D eigenvalue weighted by molar-refractivity contribution is -0.121. The molecule has 1 aromatic carbocycles. The molecule has 3 aliphatic heterocycles. The van der Waals surface area contributed by atoms with Gasteiger partial charge in [0.05, 0.1) is 23.5 Å². The van der Waals surface area contributed by atoms with E-state index in [4.69, 9.17) is 4.74 Å². The Morgan fingerprint density at radius 3 is 2.91 bits per heavy atom. The second kappa shape index (κ2) is 8.87. The van der Waals surface area contributed by atoms with Gasteiger partial charge >= 0.3 is 6.03 Å². The molecule has 0 bridgehead atoms. The minimum absolute atomic E-state index is 0.0533. The van der Waals surface area contributed by atoms with Gasteiger partial charge in [-0.15, -0.1) is 0 Å². The first kappa shape index (κ1) is 22.0. The van der Waals surface area contributed by atoms with E-state index >= 15 is 0 Å². The van der Waals surface area contributed by atoms with Crippen molar-refractivity contribution in [2.45, 2.75) is 62.1 Å². The van der Waals surface area contributed by atoms with Crippen LogP contribution in [0.15, 0.2) is 35.5 Å². The number of aryl methyl sites for hydroxylation is 1. The highest BCUT2D eigenvalue weighted by molar-refractivity contribution is 8.01. The number of benzene rings is 1. The minimum Gasteiger partial charge on any atom is -0.491 e. The number of piperidine rings is 1. The molecule has 3 atom stereocenters. The van der Waals surface area contributed by atoms with Crippen LogP contribution in [0.25, 0.3) is 0 Å². The van der Waals surface area contributed by atoms with Crippen LogP contribution in [-0.4, -0.2) is 47.4 Å². The van der Waals surface area contributed by atoms with Crippen molar-refractivity contribution < 1.29 is 14.3 Å². The van der Waals surface area contributed by atoms with Gasteiger partial charge in [0.2, 0.25) is 5.91 Å². The van der Waals surface area contributed by atoms with Gasteiger partial charge in [0.25, 0.3) is 0 Å². The average Bonchev–Trinajstić information content (AvgIpc) is 3.16. The molecule has 3 amide bonds. The second-order valence-electron chi connectivity index (χ2n) is 9.02. The third-order valence-electron chi connectivity index (χ3n) is 6.19. The van der Waals surface area contributed by atoms with Crippen LogP contribution >= 0.6 is 11.8 Å². The van der Waals surface area contributed by atoms with E-state index in [9.17, 15) is 9.59 Å². The predicted molar refractivity (Wildman–Crippen MR) is 128 cm³/mol. The molecular formula is C24H29N5O3S. The lowest BCUT2D eigenvalue weighted by atomic mass is 9.99. The third kappa shape index (κ3) is 4.15. The van der Waals surface area contributed by atoms with E-state index in [2.05, 4.69) is 20.9 Å². The normalized spacial score (nSPS) is 23.8. The maximum absolute atomic E-state index is 13.3. The molecular weight excluding hydrogens is 438 g/mol. The van der Waals surface area contributed by atoms with E-state index in [1.807, 2.05) is 45.0 Å². The standard InChI is InChI=1S/C24H29N5O3S/c1-13(2)32-18-7-6-16(11-14(18)3)29-17-8-10-26-23-19(17)20(28-24(29)31)21(33-23)22(30)27-15-5-4-9-25-12-15/h6-8,10-11,13,15,20-21,25H,4-5,9,12H2,1-3H3,(H,27,30)(H,28,31)/t15?,20?,21-/m1/s1. The van der Waals surface area contributed by atoms with Crippen LogP contribution in [0.2, 0.25) is 0 Å². The molecule has 174 valence electrons. The monoisotopic (exact) mass is 467 g/mol. The summed E-state index contributed by atoms with van der Waals surface area (Å²) in [6, 6.07) is 7.05. The topological polar surface area (TPSA) is 95.6 Å². The summed E-state index contributed by atoms with van der Waals surface area (Å²) in [5, 5.41) is 9.91. The largest absolute Gasteiger partial charge is 0.491 e. The maximum Gasteiger partial charge on any atom is 0.327 e. The fraction of sp³-hybridized carbons (Fsp3) is 0.458. The van der Waals surface area contributed by atoms with Crippen LogP contribution in [0.5, 0.6) is 5.75 Å². The quantitative estimate of drug-likeness (QED) is 0.624. The van der Waals surface area contributed by atoms with Crippen molar-refractivity contribution >= 4 is 35.1 Å². The molecule has 4 heterocycles. The highest BCUT2D eigenvalue weighted by atomic mass is 32.2. The predicted octanol–water partition coefficient (Wildman–Crippen LogP) is 3.42. The summed E-state index contributed by atoms with van der Waals surface area (Å²) in [6.45, 7) is 7.71. The van der Waals surface area contributed by atoms with Crippen molar-refractivity contribution in [2.75, 3.05) is 18.0 Å². The molecule has 1 saturated heterocycles. The van der Waals surface area contributed by atoms with Gasteiger partial charge in [-0.25, -0.2) is 9.78 Å². The van der Waals surface area contributed by atoms with Crippen LogP contribution in [-0.2, 0) is 4.79 Å². The number of nitrogens with one attached hydrogen (secondary N) is 3. The first-order chi connectivity index (χ1) is 15.9. The van der Waals surface area contributed by atoms with Gasteiger partial charge < -0.3 is 20.7 Å². The Balaban J connectivity index is 1.43. The number of carbonyl (C=O) groups is 2. The van der Waals surface area contributed by atoms with E-state index in [0.29, 0.717) is 0 Å². The Hall–Kier alpha value is -2.78. The van der Waals surface area contributed by atoms with Crippen molar-refractivity contribution in [1.82, 2.24) is 20.9 Å². The molecule has 2 unspecified atom stereocenters. The molecule has 5 rings (SSSR count). The van der Waals surface area contributed by atoms with E-state index in [-0.39, 0.29) is 24.1 Å². The number of thioether (sulfide) groups is 1. The van der Waals surface area contributed by atoms with Gasteiger partial charge in [-0.2, -0.15) is 0 Å². The number of urea groups is 1. The van der Waals surface area contributed by atoms with Gasteiger partial charge in [-0.1, -0.05) is 11.8 Å². The molecule has 0 saturated carbocycles. The molecule has 3 N–H and O–H groups in total.